The van der Waals surface area contributed by atoms with Gasteiger partial charge in [-0.25, -0.2) is 5.01 Å². The quantitative estimate of drug-likeness (QED) is 0.595. The predicted octanol–water partition coefficient (Wildman–Crippen LogP) is 4.82. The summed E-state index contributed by atoms with van der Waals surface area (Å²) in [6.45, 7) is 2.86. The number of hydrogen-bond donors (Lipinski definition) is 0. The largest absolute Gasteiger partial charge is 0.493 e. The number of nitrogens with zero attached hydrogens (tertiary/aromatic N) is 3. The van der Waals surface area contributed by atoms with Crippen LogP contribution in [0.2, 0.25) is 0 Å². The van der Waals surface area contributed by atoms with E-state index in [-0.39, 0.29) is 6.04 Å². The first-order valence-corrected chi connectivity index (χ1v) is 11.3. The molecule has 0 unspecified atom stereocenters. The Labute approximate surface area is 188 Å². The van der Waals surface area contributed by atoms with Gasteiger partial charge in [0.2, 0.25) is 5.72 Å². The van der Waals surface area contributed by atoms with Crippen molar-refractivity contribution in [1.29, 1.82) is 0 Å². The summed E-state index contributed by atoms with van der Waals surface area (Å²) in [7, 11) is 1.71. The van der Waals surface area contributed by atoms with Crippen LogP contribution in [0.5, 0.6) is 11.5 Å². The zero-order chi connectivity index (χ0) is 21.5. The van der Waals surface area contributed by atoms with Crippen LogP contribution in [0.25, 0.3) is 0 Å². The molecule has 6 heteroatoms. The van der Waals surface area contributed by atoms with Crippen molar-refractivity contribution >= 4 is 5.71 Å². The topological polar surface area (TPSA) is 50.4 Å². The Morgan fingerprint density at radius 3 is 2.62 bits per heavy atom. The number of benzene rings is 2. The number of furan rings is 1. The van der Waals surface area contributed by atoms with Crippen molar-refractivity contribution in [2.75, 3.05) is 20.2 Å². The Balaban J connectivity index is 1.32. The molecule has 3 aliphatic heterocycles. The zero-order valence-electron chi connectivity index (χ0n) is 18.2. The number of likely N-dealkylation sites (tertiary alicyclic amines) is 1. The fourth-order valence-corrected chi connectivity index (χ4v) is 5.25. The third kappa shape index (κ3) is 3.17. The number of piperidine rings is 1. The van der Waals surface area contributed by atoms with Gasteiger partial charge in [0.1, 0.15) is 11.5 Å². The van der Waals surface area contributed by atoms with Crippen molar-refractivity contribution in [3.8, 4) is 11.5 Å². The third-order valence-corrected chi connectivity index (χ3v) is 6.90. The standard InChI is InChI=1S/C26H27N3O3/c1-30-24-10-5-9-20-22-17-21(23-11-6-16-31-23)27-29(22)26(32-25(20)24)12-14-28(15-13-26)18-19-7-3-2-4-8-19/h2-11,16,22H,12-15,17-18H2,1H3/t22-/m1/s1. The molecule has 6 nitrogen and oxygen atoms in total. The molecule has 1 fully saturated rings. The highest BCUT2D eigenvalue weighted by atomic mass is 16.5. The fraction of sp³-hybridized carbons (Fsp3) is 0.346. The lowest BCUT2D eigenvalue weighted by Gasteiger charge is -2.51. The summed E-state index contributed by atoms with van der Waals surface area (Å²) in [6.07, 6.45) is 4.26. The van der Waals surface area contributed by atoms with E-state index in [1.165, 1.54) is 5.56 Å². The van der Waals surface area contributed by atoms with Gasteiger partial charge in [0.25, 0.3) is 0 Å². The van der Waals surface area contributed by atoms with Crippen LogP contribution in [0.3, 0.4) is 0 Å². The predicted molar refractivity (Wildman–Crippen MR) is 122 cm³/mol. The SMILES string of the molecule is COc1cccc2c1OC1(CCN(Cc3ccccc3)CC1)N1N=C(c3ccco3)C[C@H]21. The van der Waals surface area contributed by atoms with Crippen molar-refractivity contribution < 1.29 is 13.9 Å². The van der Waals surface area contributed by atoms with E-state index in [4.69, 9.17) is 19.0 Å². The molecule has 0 aliphatic carbocycles. The van der Waals surface area contributed by atoms with Crippen molar-refractivity contribution in [1.82, 2.24) is 9.91 Å². The van der Waals surface area contributed by atoms with Crippen LogP contribution in [0.15, 0.2) is 76.4 Å². The van der Waals surface area contributed by atoms with Crippen molar-refractivity contribution in [3.05, 3.63) is 83.8 Å². The van der Waals surface area contributed by atoms with Crippen molar-refractivity contribution in [3.63, 3.8) is 0 Å². The molecule has 164 valence electrons. The molecule has 1 spiro atoms. The summed E-state index contributed by atoms with van der Waals surface area (Å²) >= 11 is 0. The molecule has 3 aromatic rings. The van der Waals surface area contributed by atoms with Crippen LogP contribution in [-0.4, -0.2) is 41.5 Å². The van der Waals surface area contributed by atoms with Gasteiger partial charge in [-0.3, -0.25) is 4.90 Å². The summed E-state index contributed by atoms with van der Waals surface area (Å²) in [5, 5.41) is 7.28. The van der Waals surface area contributed by atoms with Crippen LogP contribution in [0, 0.1) is 0 Å². The molecule has 1 aromatic heterocycles. The zero-order valence-corrected chi connectivity index (χ0v) is 18.2. The number of hydrogen-bond acceptors (Lipinski definition) is 6. The Morgan fingerprint density at radius 1 is 1.03 bits per heavy atom. The van der Waals surface area contributed by atoms with Gasteiger partial charge < -0.3 is 13.9 Å². The maximum absolute atomic E-state index is 6.80. The maximum atomic E-state index is 6.80. The summed E-state index contributed by atoms with van der Waals surface area (Å²) in [6, 6.07) is 20.8. The van der Waals surface area contributed by atoms with Gasteiger partial charge >= 0.3 is 0 Å². The van der Waals surface area contributed by atoms with E-state index in [1.54, 1.807) is 13.4 Å². The van der Waals surface area contributed by atoms with Crippen LogP contribution >= 0.6 is 0 Å². The van der Waals surface area contributed by atoms with E-state index >= 15 is 0 Å². The van der Waals surface area contributed by atoms with Gasteiger partial charge in [-0.15, -0.1) is 0 Å². The lowest BCUT2D eigenvalue weighted by atomic mass is 9.91. The summed E-state index contributed by atoms with van der Waals surface area (Å²) in [4.78, 5) is 2.50. The molecular formula is C26H27N3O3. The molecular weight excluding hydrogens is 402 g/mol. The Kier molecular flexibility index (Phi) is 4.68. The Bertz CT molecular complexity index is 1120. The average molecular weight is 430 g/mol. The summed E-state index contributed by atoms with van der Waals surface area (Å²) in [5.41, 5.74) is 2.97. The van der Waals surface area contributed by atoms with Crippen molar-refractivity contribution in [2.24, 2.45) is 5.10 Å². The number of ether oxygens (including phenoxy) is 2. The molecule has 1 saturated heterocycles. The number of rotatable bonds is 4. The van der Waals surface area contributed by atoms with Crippen LogP contribution in [0.4, 0.5) is 0 Å². The van der Waals surface area contributed by atoms with E-state index in [9.17, 15) is 0 Å². The normalized spacial score (nSPS) is 21.6. The molecule has 3 aliphatic rings. The number of hydrazone groups is 1. The highest BCUT2D eigenvalue weighted by molar-refractivity contribution is 5.99. The van der Waals surface area contributed by atoms with E-state index in [1.807, 2.05) is 24.3 Å². The van der Waals surface area contributed by atoms with Gasteiger partial charge in [0.15, 0.2) is 11.5 Å². The van der Waals surface area contributed by atoms with Crippen molar-refractivity contribution in [2.45, 2.75) is 37.6 Å². The smallest absolute Gasteiger partial charge is 0.200 e. The number of methoxy groups -OCH3 is 1. The lowest BCUT2D eigenvalue weighted by molar-refractivity contribution is -0.151. The molecule has 0 amide bonds. The summed E-state index contributed by atoms with van der Waals surface area (Å²) in [5.74, 6) is 2.49. The minimum absolute atomic E-state index is 0.120. The van der Waals surface area contributed by atoms with E-state index < -0.39 is 5.72 Å². The monoisotopic (exact) mass is 429 g/mol. The lowest BCUT2D eigenvalue weighted by Crippen LogP contribution is -2.59. The maximum Gasteiger partial charge on any atom is 0.200 e. The minimum Gasteiger partial charge on any atom is -0.493 e. The van der Waals surface area contributed by atoms with Gasteiger partial charge in [-0.2, -0.15) is 5.10 Å². The first kappa shape index (κ1) is 19.4. The second-order valence-electron chi connectivity index (χ2n) is 8.78. The number of para-hydroxylation sites is 1. The molecule has 0 radical (unpaired) electrons. The first-order chi connectivity index (χ1) is 15.8. The van der Waals surface area contributed by atoms with Crippen LogP contribution in [0.1, 0.15) is 42.2 Å². The third-order valence-electron chi connectivity index (χ3n) is 6.90. The second-order valence-corrected chi connectivity index (χ2v) is 8.78. The summed E-state index contributed by atoms with van der Waals surface area (Å²) < 4.78 is 18.2. The van der Waals surface area contributed by atoms with Gasteiger partial charge in [-0.05, 0) is 23.8 Å². The number of fused-ring (bicyclic) bond motifs is 4. The highest BCUT2D eigenvalue weighted by Gasteiger charge is 2.52. The Hall–Kier alpha value is -3.25. The van der Waals surface area contributed by atoms with Gasteiger partial charge in [0, 0.05) is 44.5 Å². The molecule has 0 N–H and O–H groups in total. The molecule has 32 heavy (non-hydrogen) atoms. The van der Waals surface area contributed by atoms with Gasteiger partial charge in [0.05, 0.1) is 19.4 Å². The molecule has 0 bridgehead atoms. The fourth-order valence-electron chi connectivity index (χ4n) is 5.25. The highest BCUT2D eigenvalue weighted by Crippen LogP contribution is 2.52. The minimum atomic E-state index is -0.478. The Morgan fingerprint density at radius 2 is 1.88 bits per heavy atom. The van der Waals surface area contributed by atoms with Gasteiger partial charge in [-0.1, -0.05) is 42.5 Å². The van der Waals surface area contributed by atoms with E-state index in [0.29, 0.717) is 0 Å². The average Bonchev–Trinajstić information content (AvgIpc) is 3.52. The van der Waals surface area contributed by atoms with Crippen LogP contribution < -0.4 is 9.47 Å². The van der Waals surface area contributed by atoms with E-state index in [2.05, 4.69) is 46.3 Å². The van der Waals surface area contributed by atoms with Crippen LogP contribution in [-0.2, 0) is 6.54 Å². The first-order valence-electron chi connectivity index (χ1n) is 11.3. The molecule has 1 atom stereocenters. The molecule has 2 aromatic carbocycles. The molecule has 0 saturated carbocycles. The second kappa shape index (κ2) is 7.71. The molecule has 6 rings (SSSR count). The molecule has 4 heterocycles. The van der Waals surface area contributed by atoms with E-state index in [0.717, 1.165) is 67.4 Å².